The van der Waals surface area contributed by atoms with Crippen molar-refractivity contribution < 1.29 is 17.9 Å². The van der Waals surface area contributed by atoms with Gasteiger partial charge < -0.3 is 4.74 Å². The summed E-state index contributed by atoms with van der Waals surface area (Å²) in [6.45, 7) is 8.71. The molecule has 2 aromatic rings. The fourth-order valence-electron chi connectivity index (χ4n) is 3.45. The lowest BCUT2D eigenvalue weighted by Gasteiger charge is -2.34. The molecule has 1 heterocycles. The zero-order valence-corrected chi connectivity index (χ0v) is 18.0. The molecule has 0 atom stereocenters. The van der Waals surface area contributed by atoms with Gasteiger partial charge in [0.25, 0.3) is 0 Å². The molecule has 0 saturated carbocycles. The fourth-order valence-corrected chi connectivity index (χ4v) is 4.87. The van der Waals surface area contributed by atoms with Gasteiger partial charge in [0.1, 0.15) is 5.75 Å². The molecule has 1 saturated heterocycles. The van der Waals surface area contributed by atoms with Gasteiger partial charge in [-0.2, -0.15) is 4.31 Å². The Kier molecular flexibility index (Phi) is 6.72. The van der Waals surface area contributed by atoms with E-state index in [1.807, 2.05) is 38.1 Å². The van der Waals surface area contributed by atoms with Crippen molar-refractivity contribution in [3.05, 3.63) is 59.2 Å². The number of ketones is 1. The molecule has 29 heavy (non-hydrogen) atoms. The summed E-state index contributed by atoms with van der Waals surface area (Å²) in [5, 5.41) is 0. The zero-order chi connectivity index (χ0) is 21.0. The molecular weight excluding hydrogens is 388 g/mol. The highest BCUT2D eigenvalue weighted by atomic mass is 32.2. The van der Waals surface area contributed by atoms with Gasteiger partial charge in [-0.05, 0) is 51.1 Å². The lowest BCUT2D eigenvalue weighted by atomic mass is 10.1. The monoisotopic (exact) mass is 416 g/mol. The summed E-state index contributed by atoms with van der Waals surface area (Å²) in [5.74, 6) is 0.788. The van der Waals surface area contributed by atoms with E-state index >= 15 is 0 Å². The Labute approximate surface area is 173 Å². The van der Waals surface area contributed by atoms with Crippen LogP contribution in [0.5, 0.6) is 5.75 Å². The van der Waals surface area contributed by atoms with Gasteiger partial charge in [0.05, 0.1) is 11.5 Å². The third kappa shape index (κ3) is 5.04. The minimum Gasteiger partial charge on any atom is -0.494 e. The number of Topliss-reactive ketones (excluding diaryl/α,β-unsaturated/α-hetero) is 1. The highest BCUT2D eigenvalue weighted by molar-refractivity contribution is 7.89. The number of rotatable bonds is 7. The summed E-state index contributed by atoms with van der Waals surface area (Å²) in [5.41, 5.74) is 2.64. The largest absolute Gasteiger partial charge is 0.494 e. The SMILES string of the molecule is CCOc1ccc(C(C)=O)cc1CN1CCN(S(=O)(=O)c2ccc(C)cc2)CC1. The molecule has 0 aromatic heterocycles. The third-order valence-corrected chi connectivity index (χ3v) is 7.06. The zero-order valence-electron chi connectivity index (χ0n) is 17.2. The van der Waals surface area contributed by atoms with E-state index in [1.165, 1.54) is 0 Å². The number of benzene rings is 2. The third-order valence-electron chi connectivity index (χ3n) is 5.15. The van der Waals surface area contributed by atoms with Gasteiger partial charge in [0, 0.05) is 43.9 Å². The number of sulfonamides is 1. The van der Waals surface area contributed by atoms with E-state index in [0.717, 1.165) is 16.9 Å². The van der Waals surface area contributed by atoms with E-state index in [4.69, 9.17) is 4.74 Å². The number of carbonyl (C=O) groups is 1. The van der Waals surface area contributed by atoms with Crippen LogP contribution >= 0.6 is 0 Å². The highest BCUT2D eigenvalue weighted by Crippen LogP contribution is 2.24. The predicted molar refractivity (Wildman–Crippen MR) is 113 cm³/mol. The number of aryl methyl sites for hydroxylation is 1. The van der Waals surface area contributed by atoms with Gasteiger partial charge in [-0.3, -0.25) is 9.69 Å². The average Bonchev–Trinajstić information content (AvgIpc) is 2.70. The number of nitrogens with zero attached hydrogens (tertiary/aromatic N) is 2. The van der Waals surface area contributed by atoms with E-state index in [2.05, 4.69) is 4.90 Å². The maximum absolute atomic E-state index is 12.9. The number of hydrogen-bond donors (Lipinski definition) is 0. The second kappa shape index (κ2) is 9.07. The summed E-state index contributed by atoms with van der Waals surface area (Å²) in [6.07, 6.45) is 0. The Morgan fingerprint density at radius 1 is 1.03 bits per heavy atom. The molecule has 156 valence electrons. The fraction of sp³-hybridized carbons (Fsp3) is 0.409. The Morgan fingerprint density at radius 2 is 1.69 bits per heavy atom. The lowest BCUT2D eigenvalue weighted by Crippen LogP contribution is -2.48. The Morgan fingerprint density at radius 3 is 2.28 bits per heavy atom. The van der Waals surface area contributed by atoms with Crippen LogP contribution in [0.2, 0.25) is 0 Å². The maximum Gasteiger partial charge on any atom is 0.243 e. The molecule has 1 aliphatic heterocycles. The number of hydrogen-bond acceptors (Lipinski definition) is 5. The van der Waals surface area contributed by atoms with Crippen molar-refractivity contribution in [1.29, 1.82) is 0 Å². The summed E-state index contributed by atoms with van der Waals surface area (Å²) < 4.78 is 33.0. The maximum atomic E-state index is 12.9. The van der Waals surface area contributed by atoms with Crippen LogP contribution < -0.4 is 4.74 Å². The van der Waals surface area contributed by atoms with E-state index < -0.39 is 10.0 Å². The number of carbonyl (C=O) groups excluding carboxylic acids is 1. The van der Waals surface area contributed by atoms with Crippen LogP contribution in [0.15, 0.2) is 47.4 Å². The minimum absolute atomic E-state index is 0.0170. The topological polar surface area (TPSA) is 66.9 Å². The Bertz CT molecular complexity index is 963. The molecule has 0 N–H and O–H groups in total. The van der Waals surface area contributed by atoms with E-state index in [-0.39, 0.29) is 5.78 Å². The van der Waals surface area contributed by atoms with Crippen molar-refractivity contribution >= 4 is 15.8 Å². The molecule has 2 aromatic carbocycles. The van der Waals surface area contributed by atoms with Crippen LogP contribution in [0.25, 0.3) is 0 Å². The van der Waals surface area contributed by atoms with Gasteiger partial charge in [0.2, 0.25) is 10.0 Å². The first-order valence-corrected chi connectivity index (χ1v) is 11.3. The van der Waals surface area contributed by atoms with Crippen molar-refractivity contribution in [1.82, 2.24) is 9.21 Å². The summed E-state index contributed by atoms with van der Waals surface area (Å²) >= 11 is 0. The van der Waals surface area contributed by atoms with Crippen LogP contribution in [-0.4, -0.2) is 56.2 Å². The minimum atomic E-state index is -3.47. The Hall–Kier alpha value is -2.22. The number of ether oxygens (including phenoxy) is 1. The predicted octanol–water partition coefficient (Wildman–Crippen LogP) is 3.10. The van der Waals surface area contributed by atoms with Crippen molar-refractivity contribution in [2.45, 2.75) is 32.2 Å². The summed E-state index contributed by atoms with van der Waals surface area (Å²) in [6, 6.07) is 12.5. The van der Waals surface area contributed by atoms with Crippen LogP contribution in [0, 0.1) is 6.92 Å². The normalized spacial score (nSPS) is 16.0. The number of piperazine rings is 1. The molecule has 0 unspecified atom stereocenters. The first-order valence-electron chi connectivity index (χ1n) is 9.87. The van der Waals surface area contributed by atoms with Gasteiger partial charge >= 0.3 is 0 Å². The second-order valence-corrected chi connectivity index (χ2v) is 9.24. The van der Waals surface area contributed by atoms with Gasteiger partial charge in [0.15, 0.2) is 5.78 Å². The molecule has 0 bridgehead atoms. The van der Waals surface area contributed by atoms with E-state index in [0.29, 0.717) is 49.8 Å². The van der Waals surface area contributed by atoms with Crippen LogP contribution in [0.3, 0.4) is 0 Å². The van der Waals surface area contributed by atoms with Gasteiger partial charge in [-0.25, -0.2) is 8.42 Å². The van der Waals surface area contributed by atoms with E-state index in [1.54, 1.807) is 29.4 Å². The van der Waals surface area contributed by atoms with Crippen LogP contribution in [0.4, 0.5) is 0 Å². The molecule has 0 spiro atoms. The molecule has 1 aliphatic rings. The van der Waals surface area contributed by atoms with Crippen molar-refractivity contribution in [3.8, 4) is 5.75 Å². The highest BCUT2D eigenvalue weighted by Gasteiger charge is 2.28. The summed E-state index contributed by atoms with van der Waals surface area (Å²) in [7, 11) is -3.47. The standard InChI is InChI=1S/C22H28N2O4S/c1-4-28-22-10-7-19(18(3)25)15-20(22)16-23-11-13-24(14-12-23)29(26,27)21-8-5-17(2)6-9-21/h5-10,15H,4,11-14,16H2,1-3H3. The van der Waals surface area contributed by atoms with E-state index in [9.17, 15) is 13.2 Å². The van der Waals surface area contributed by atoms with Crippen LogP contribution in [0.1, 0.15) is 35.3 Å². The molecule has 0 aliphatic carbocycles. The molecule has 6 nitrogen and oxygen atoms in total. The summed E-state index contributed by atoms with van der Waals surface area (Å²) in [4.78, 5) is 14.3. The Balaban J connectivity index is 1.69. The molecule has 0 radical (unpaired) electrons. The van der Waals surface area contributed by atoms with Crippen molar-refractivity contribution in [2.75, 3.05) is 32.8 Å². The van der Waals surface area contributed by atoms with Crippen molar-refractivity contribution in [2.24, 2.45) is 0 Å². The lowest BCUT2D eigenvalue weighted by molar-refractivity contribution is 0.101. The first-order chi connectivity index (χ1) is 13.8. The van der Waals surface area contributed by atoms with Gasteiger partial charge in [-0.15, -0.1) is 0 Å². The second-order valence-electron chi connectivity index (χ2n) is 7.30. The molecule has 7 heteroatoms. The van der Waals surface area contributed by atoms with Crippen LogP contribution in [-0.2, 0) is 16.6 Å². The molecule has 0 amide bonds. The molecule has 1 fully saturated rings. The average molecular weight is 417 g/mol. The molecular formula is C22H28N2O4S. The van der Waals surface area contributed by atoms with Crippen molar-refractivity contribution in [3.63, 3.8) is 0 Å². The quantitative estimate of drug-likeness (QED) is 0.649. The first kappa shape index (κ1) is 21.5. The molecule has 3 rings (SSSR count). The smallest absolute Gasteiger partial charge is 0.243 e. The van der Waals surface area contributed by atoms with Gasteiger partial charge in [-0.1, -0.05) is 17.7 Å².